The molecule has 138 valence electrons. The van der Waals surface area contributed by atoms with Crippen LogP contribution in [0.5, 0.6) is 0 Å². The first-order chi connectivity index (χ1) is 12.1. The number of nitrogens with zero attached hydrogens (tertiary/aromatic N) is 1. The van der Waals surface area contributed by atoms with Gasteiger partial charge in [0.25, 0.3) is 0 Å². The molecule has 1 N–H and O–H groups in total. The SMILES string of the molecule is CSC(=S)NC(=O)/C=C/c1cc(C)n(-c2cccc(C(F)(F)F)c2)c1C. The minimum atomic E-state index is -4.40. The van der Waals surface area contributed by atoms with Gasteiger partial charge in [-0.05, 0) is 56.0 Å². The summed E-state index contributed by atoms with van der Waals surface area (Å²) in [6.45, 7) is 3.59. The van der Waals surface area contributed by atoms with Crippen molar-refractivity contribution in [3.8, 4) is 5.69 Å². The predicted molar refractivity (Wildman–Crippen MR) is 104 cm³/mol. The number of carbonyl (C=O) groups is 1. The van der Waals surface area contributed by atoms with E-state index in [-0.39, 0.29) is 5.91 Å². The first-order valence-corrected chi connectivity index (χ1v) is 9.20. The number of carbonyl (C=O) groups excluding carboxylic acids is 1. The number of benzene rings is 1. The Morgan fingerprint density at radius 3 is 2.58 bits per heavy atom. The van der Waals surface area contributed by atoms with Crippen molar-refractivity contribution in [2.24, 2.45) is 0 Å². The Kier molecular flexibility index (Phi) is 6.30. The smallest absolute Gasteiger partial charge is 0.318 e. The highest BCUT2D eigenvalue weighted by Gasteiger charge is 2.30. The van der Waals surface area contributed by atoms with E-state index in [1.807, 2.05) is 6.07 Å². The number of rotatable bonds is 3. The van der Waals surface area contributed by atoms with Crippen LogP contribution in [0.3, 0.4) is 0 Å². The average Bonchev–Trinajstić information content (AvgIpc) is 2.86. The van der Waals surface area contributed by atoms with Gasteiger partial charge in [-0.15, -0.1) is 11.8 Å². The number of aryl methyl sites for hydroxylation is 1. The summed E-state index contributed by atoms with van der Waals surface area (Å²) in [4.78, 5) is 11.8. The summed E-state index contributed by atoms with van der Waals surface area (Å²) in [6.07, 6.45) is 0.321. The zero-order valence-electron chi connectivity index (χ0n) is 14.3. The van der Waals surface area contributed by atoms with E-state index in [9.17, 15) is 18.0 Å². The van der Waals surface area contributed by atoms with Crippen LogP contribution in [0.2, 0.25) is 0 Å². The molecule has 1 aromatic heterocycles. The number of thiocarbonyl (C=S) groups is 1. The normalized spacial score (nSPS) is 11.8. The van der Waals surface area contributed by atoms with Crippen LogP contribution in [0.15, 0.2) is 36.4 Å². The Labute approximate surface area is 159 Å². The standard InChI is InChI=1S/C18H17F3N2OS2/c1-11-9-13(7-8-16(24)22-17(25)26-3)12(2)23(11)15-6-4-5-14(10-15)18(19,20)21/h4-10H,1-3H3,(H,22,24,25)/b8-7+. The van der Waals surface area contributed by atoms with Gasteiger partial charge in [-0.2, -0.15) is 13.2 Å². The highest BCUT2D eigenvalue weighted by molar-refractivity contribution is 8.22. The quantitative estimate of drug-likeness (QED) is 0.590. The second-order valence-corrected chi connectivity index (χ2v) is 7.01. The highest BCUT2D eigenvalue weighted by Crippen LogP contribution is 2.31. The van der Waals surface area contributed by atoms with Crippen LogP contribution in [0.25, 0.3) is 11.8 Å². The fraction of sp³-hybridized carbons (Fsp3) is 0.222. The van der Waals surface area contributed by atoms with Crippen molar-refractivity contribution in [1.29, 1.82) is 0 Å². The Morgan fingerprint density at radius 2 is 1.96 bits per heavy atom. The molecular formula is C18H17F3N2OS2. The lowest BCUT2D eigenvalue weighted by molar-refractivity contribution is -0.137. The van der Waals surface area contributed by atoms with E-state index in [0.29, 0.717) is 10.0 Å². The summed E-state index contributed by atoms with van der Waals surface area (Å²) in [6, 6.07) is 6.95. The number of hydrogen-bond donors (Lipinski definition) is 1. The van der Waals surface area contributed by atoms with Gasteiger partial charge in [-0.3, -0.25) is 4.79 Å². The molecule has 3 nitrogen and oxygen atoms in total. The van der Waals surface area contributed by atoms with Crippen LogP contribution in [0.1, 0.15) is 22.5 Å². The third kappa shape index (κ3) is 4.76. The lowest BCUT2D eigenvalue weighted by atomic mass is 10.2. The number of thioether (sulfide) groups is 1. The molecule has 0 saturated heterocycles. The molecule has 0 spiro atoms. The van der Waals surface area contributed by atoms with Gasteiger partial charge in [0, 0.05) is 23.2 Å². The number of hydrogen-bond acceptors (Lipinski definition) is 3. The Balaban J connectivity index is 2.34. The first-order valence-electron chi connectivity index (χ1n) is 7.57. The minimum absolute atomic E-state index is 0.353. The molecule has 0 fully saturated rings. The third-order valence-electron chi connectivity index (χ3n) is 3.73. The van der Waals surface area contributed by atoms with Gasteiger partial charge in [0.1, 0.15) is 4.32 Å². The van der Waals surface area contributed by atoms with Crippen LogP contribution in [0.4, 0.5) is 13.2 Å². The fourth-order valence-electron chi connectivity index (χ4n) is 2.53. The zero-order valence-corrected chi connectivity index (χ0v) is 16.0. The molecule has 0 saturated carbocycles. The predicted octanol–water partition coefficient (Wildman–Crippen LogP) is 4.89. The fourth-order valence-corrected chi connectivity index (χ4v) is 2.84. The molecule has 2 rings (SSSR count). The molecule has 0 aliphatic rings. The van der Waals surface area contributed by atoms with Crippen LogP contribution >= 0.6 is 24.0 Å². The zero-order chi connectivity index (χ0) is 19.5. The summed E-state index contributed by atoms with van der Waals surface area (Å²) >= 11 is 6.17. The summed E-state index contributed by atoms with van der Waals surface area (Å²) in [5.41, 5.74) is 1.96. The topological polar surface area (TPSA) is 34.0 Å². The van der Waals surface area contributed by atoms with Gasteiger partial charge in [-0.1, -0.05) is 18.3 Å². The number of halogens is 3. The number of amides is 1. The van der Waals surface area contributed by atoms with E-state index in [1.54, 1.807) is 36.8 Å². The molecule has 1 heterocycles. The highest BCUT2D eigenvalue weighted by atomic mass is 32.2. The molecule has 1 amide bonds. The first kappa shape index (κ1) is 20.3. The lowest BCUT2D eigenvalue weighted by Crippen LogP contribution is -2.24. The van der Waals surface area contributed by atoms with E-state index in [2.05, 4.69) is 5.32 Å². The monoisotopic (exact) mass is 398 g/mol. The maximum absolute atomic E-state index is 13.0. The summed E-state index contributed by atoms with van der Waals surface area (Å²) < 4.78 is 41.0. The second kappa shape index (κ2) is 8.09. The van der Waals surface area contributed by atoms with Crippen molar-refractivity contribution < 1.29 is 18.0 Å². The maximum Gasteiger partial charge on any atom is 0.416 e. The van der Waals surface area contributed by atoms with E-state index in [4.69, 9.17) is 12.2 Å². The molecule has 0 aliphatic heterocycles. The molecule has 26 heavy (non-hydrogen) atoms. The van der Waals surface area contributed by atoms with Crippen molar-refractivity contribution in [1.82, 2.24) is 9.88 Å². The maximum atomic E-state index is 13.0. The van der Waals surface area contributed by atoms with E-state index < -0.39 is 11.7 Å². The molecule has 1 aromatic carbocycles. The van der Waals surface area contributed by atoms with Crippen LogP contribution < -0.4 is 5.32 Å². The molecule has 0 unspecified atom stereocenters. The summed E-state index contributed by atoms with van der Waals surface area (Å²) in [5, 5.41) is 2.53. The second-order valence-electron chi connectivity index (χ2n) is 5.52. The third-order valence-corrected chi connectivity index (χ3v) is 4.80. The Hall–Kier alpha value is -2.06. The van der Waals surface area contributed by atoms with Crippen molar-refractivity contribution >= 4 is 40.3 Å². The van der Waals surface area contributed by atoms with Crippen LogP contribution in [-0.4, -0.2) is 21.1 Å². The van der Waals surface area contributed by atoms with E-state index in [0.717, 1.165) is 29.1 Å². The van der Waals surface area contributed by atoms with Gasteiger partial charge in [0.05, 0.1) is 5.56 Å². The summed E-state index contributed by atoms with van der Waals surface area (Å²) in [5.74, 6) is -0.353. The van der Waals surface area contributed by atoms with Gasteiger partial charge in [0.2, 0.25) is 5.91 Å². The number of aromatic nitrogens is 1. The van der Waals surface area contributed by atoms with E-state index in [1.165, 1.54) is 23.9 Å². The van der Waals surface area contributed by atoms with Crippen molar-refractivity contribution in [2.45, 2.75) is 20.0 Å². The van der Waals surface area contributed by atoms with Crippen LogP contribution in [-0.2, 0) is 11.0 Å². The van der Waals surface area contributed by atoms with Gasteiger partial charge >= 0.3 is 6.18 Å². The molecule has 2 aromatic rings. The van der Waals surface area contributed by atoms with Crippen molar-refractivity contribution in [3.63, 3.8) is 0 Å². The molecule has 8 heteroatoms. The van der Waals surface area contributed by atoms with Gasteiger partial charge in [0.15, 0.2) is 0 Å². The Morgan fingerprint density at radius 1 is 1.27 bits per heavy atom. The number of nitrogens with one attached hydrogen (secondary N) is 1. The van der Waals surface area contributed by atoms with Crippen LogP contribution in [0, 0.1) is 13.8 Å². The Bertz CT molecular complexity index is 870. The lowest BCUT2D eigenvalue weighted by Gasteiger charge is -2.13. The molecule has 0 atom stereocenters. The van der Waals surface area contributed by atoms with Gasteiger partial charge in [-0.25, -0.2) is 0 Å². The van der Waals surface area contributed by atoms with Crippen molar-refractivity contribution in [3.05, 3.63) is 58.9 Å². The average molecular weight is 398 g/mol. The molecule has 0 aliphatic carbocycles. The molecule has 0 bridgehead atoms. The molecular weight excluding hydrogens is 381 g/mol. The largest absolute Gasteiger partial charge is 0.416 e. The molecule has 0 radical (unpaired) electrons. The van der Waals surface area contributed by atoms with Crippen molar-refractivity contribution in [2.75, 3.05) is 6.26 Å². The van der Waals surface area contributed by atoms with E-state index >= 15 is 0 Å². The summed E-state index contributed by atoms with van der Waals surface area (Å²) in [7, 11) is 0. The van der Waals surface area contributed by atoms with Gasteiger partial charge < -0.3 is 9.88 Å². The number of alkyl halides is 3. The minimum Gasteiger partial charge on any atom is -0.318 e.